The van der Waals surface area contributed by atoms with Crippen LogP contribution in [-0.4, -0.2) is 35.9 Å². The Morgan fingerprint density at radius 1 is 1.34 bits per heavy atom. The van der Waals surface area contributed by atoms with Gasteiger partial charge in [0.2, 0.25) is 0 Å². The van der Waals surface area contributed by atoms with Crippen LogP contribution in [0.3, 0.4) is 0 Å². The topological polar surface area (TPSA) is 65.4 Å². The molecule has 3 rings (SSSR count). The number of carbonyl (C=O) groups excluding carboxylic acids is 1. The molecule has 2 aliphatic rings. The molecule has 5 nitrogen and oxygen atoms in total. The number of piperidine rings is 1. The Balaban J connectivity index is 1.85. The molecular weight excluding hydrogens is 369 g/mol. The Kier molecular flexibility index (Phi) is 5.64. The van der Waals surface area contributed by atoms with Crippen LogP contribution < -0.4 is 5.32 Å². The van der Waals surface area contributed by atoms with E-state index in [1.165, 1.54) is 23.9 Å². The predicted octanol–water partition coefficient (Wildman–Crippen LogP) is 5.28. The Bertz CT molecular complexity index is 880. The Morgan fingerprint density at radius 3 is 2.62 bits per heavy atom. The molecule has 1 unspecified atom stereocenters. The van der Waals surface area contributed by atoms with E-state index in [4.69, 9.17) is 10.1 Å². The molecule has 1 amide bonds. The van der Waals surface area contributed by atoms with Gasteiger partial charge >= 0.3 is 6.09 Å². The van der Waals surface area contributed by atoms with Gasteiger partial charge in [0.25, 0.3) is 0 Å². The molecule has 6 heteroatoms. The third-order valence-corrected chi connectivity index (χ3v) is 5.27. The fourth-order valence-electron chi connectivity index (χ4n) is 3.80. The first-order chi connectivity index (χ1) is 13.7. The highest BCUT2D eigenvalue weighted by Crippen LogP contribution is 2.45. The van der Waals surface area contributed by atoms with E-state index in [2.05, 4.69) is 11.9 Å². The van der Waals surface area contributed by atoms with Crippen LogP contribution >= 0.6 is 0 Å². The largest absolute Gasteiger partial charge is 0.444 e. The Morgan fingerprint density at radius 2 is 2.03 bits per heavy atom. The minimum Gasteiger partial charge on any atom is -0.444 e. The summed E-state index contributed by atoms with van der Waals surface area (Å²) in [6.07, 6.45) is 6.19. The highest BCUT2D eigenvalue weighted by Gasteiger charge is 2.42. The van der Waals surface area contributed by atoms with Gasteiger partial charge in [0.05, 0.1) is 0 Å². The second-order valence-electron chi connectivity index (χ2n) is 8.57. The quantitative estimate of drug-likeness (QED) is 0.536. The number of rotatable bonds is 4. The fourth-order valence-corrected chi connectivity index (χ4v) is 3.80. The molecule has 1 fully saturated rings. The number of allylic oxidation sites excluding steroid dienone is 2. The molecule has 0 spiro atoms. The zero-order valence-corrected chi connectivity index (χ0v) is 17.2. The number of anilines is 1. The van der Waals surface area contributed by atoms with E-state index in [1.54, 1.807) is 17.0 Å². The molecule has 1 aromatic rings. The molecule has 29 heavy (non-hydrogen) atoms. The molecule has 1 aliphatic carbocycles. The first kappa shape index (κ1) is 20.8. The third-order valence-electron chi connectivity index (χ3n) is 5.27. The number of benzene rings is 1. The van der Waals surface area contributed by atoms with E-state index in [0.29, 0.717) is 25.9 Å². The number of likely N-dealkylation sites (tertiary alicyclic amines) is 1. The van der Waals surface area contributed by atoms with Gasteiger partial charge in [-0.25, -0.2) is 9.18 Å². The highest BCUT2D eigenvalue weighted by molar-refractivity contribution is 5.81. The van der Waals surface area contributed by atoms with E-state index in [-0.39, 0.29) is 11.9 Å². The molecule has 1 aromatic carbocycles. The lowest BCUT2D eigenvalue weighted by Gasteiger charge is -2.45. The normalized spacial score (nSPS) is 21.8. The van der Waals surface area contributed by atoms with Crippen LogP contribution in [0.4, 0.5) is 14.9 Å². The lowest BCUT2D eigenvalue weighted by Crippen LogP contribution is -2.49. The van der Waals surface area contributed by atoms with Gasteiger partial charge in [-0.1, -0.05) is 11.6 Å². The maximum Gasteiger partial charge on any atom is 0.410 e. The van der Waals surface area contributed by atoms with Crippen molar-refractivity contribution in [3.05, 3.63) is 65.7 Å². The summed E-state index contributed by atoms with van der Waals surface area (Å²) < 4.78 is 18.7. The maximum absolute atomic E-state index is 13.2. The molecule has 154 valence electrons. The van der Waals surface area contributed by atoms with Gasteiger partial charge in [-0.3, -0.25) is 0 Å². The zero-order chi connectivity index (χ0) is 21.2. The van der Waals surface area contributed by atoms with Crippen molar-refractivity contribution in [1.29, 1.82) is 5.41 Å². The van der Waals surface area contributed by atoms with Crippen molar-refractivity contribution in [1.82, 2.24) is 4.90 Å². The molecular formula is C23H28FN3O2. The molecule has 0 aromatic heterocycles. The molecule has 0 radical (unpaired) electrons. The summed E-state index contributed by atoms with van der Waals surface area (Å²) in [5.74, 6) is -0.293. The van der Waals surface area contributed by atoms with Crippen LogP contribution in [0, 0.1) is 16.6 Å². The van der Waals surface area contributed by atoms with Gasteiger partial charge < -0.3 is 20.4 Å². The number of ether oxygens (including phenoxy) is 1. The van der Waals surface area contributed by atoms with E-state index in [1.807, 2.05) is 32.9 Å². The number of amides is 1. The summed E-state index contributed by atoms with van der Waals surface area (Å²) in [4.78, 5) is 14.3. The molecule has 0 saturated carbocycles. The molecule has 1 atom stereocenters. The summed E-state index contributed by atoms with van der Waals surface area (Å²) in [5, 5.41) is 11.2. The van der Waals surface area contributed by atoms with E-state index in [9.17, 15) is 9.18 Å². The first-order valence-electron chi connectivity index (χ1n) is 9.74. The van der Waals surface area contributed by atoms with Crippen molar-refractivity contribution in [2.75, 3.05) is 18.4 Å². The summed E-state index contributed by atoms with van der Waals surface area (Å²) in [7, 11) is 0. The standard InChI is InChI=1S/C23H28FN3O2/c1-5-23-13-16(14-25)20(26-19-8-6-18(24)7-9-19)12-17(23)10-11-27(15-23)21(28)29-22(2,3)4/h5-9,12,14,25-26H,1,10-11,13,15H2,2-4H3. The number of carbonyl (C=O) groups is 1. The van der Waals surface area contributed by atoms with E-state index < -0.39 is 11.0 Å². The summed E-state index contributed by atoms with van der Waals surface area (Å²) in [5.41, 5.74) is 2.59. The summed E-state index contributed by atoms with van der Waals surface area (Å²) in [6, 6.07) is 6.14. The van der Waals surface area contributed by atoms with Crippen molar-refractivity contribution in [2.24, 2.45) is 5.41 Å². The van der Waals surface area contributed by atoms with Gasteiger partial charge in [0.1, 0.15) is 11.4 Å². The first-order valence-corrected chi connectivity index (χ1v) is 9.74. The van der Waals surface area contributed by atoms with Crippen LogP contribution in [0.5, 0.6) is 0 Å². The zero-order valence-electron chi connectivity index (χ0n) is 17.2. The van der Waals surface area contributed by atoms with Gasteiger partial charge in [-0.05, 0) is 69.5 Å². The van der Waals surface area contributed by atoms with Crippen molar-refractivity contribution >= 4 is 18.0 Å². The monoisotopic (exact) mass is 397 g/mol. The molecule has 1 aliphatic heterocycles. The average Bonchev–Trinajstić information content (AvgIpc) is 2.67. The van der Waals surface area contributed by atoms with Gasteiger partial charge in [-0.15, -0.1) is 6.58 Å². The molecule has 0 bridgehead atoms. The van der Waals surface area contributed by atoms with Crippen molar-refractivity contribution in [2.45, 2.75) is 39.2 Å². The van der Waals surface area contributed by atoms with Crippen LogP contribution in [0.15, 0.2) is 59.8 Å². The molecule has 1 heterocycles. The number of nitrogens with one attached hydrogen (secondary N) is 2. The number of hydrogen-bond donors (Lipinski definition) is 2. The van der Waals surface area contributed by atoms with Crippen LogP contribution in [0.1, 0.15) is 33.6 Å². The average molecular weight is 397 g/mol. The Hall–Kier alpha value is -2.89. The van der Waals surface area contributed by atoms with Crippen molar-refractivity contribution in [3.63, 3.8) is 0 Å². The highest BCUT2D eigenvalue weighted by atomic mass is 19.1. The third kappa shape index (κ3) is 4.58. The molecule has 1 saturated heterocycles. The second-order valence-corrected chi connectivity index (χ2v) is 8.57. The fraction of sp³-hybridized carbons (Fsp3) is 0.391. The predicted molar refractivity (Wildman–Crippen MR) is 114 cm³/mol. The SMILES string of the molecule is C=CC12CC(C=N)=C(Nc3ccc(F)cc3)C=C1CCN(C(=O)OC(C)(C)C)C2. The second kappa shape index (κ2) is 7.85. The summed E-state index contributed by atoms with van der Waals surface area (Å²) >= 11 is 0. The molecule has 2 N–H and O–H groups in total. The number of hydrogen-bond acceptors (Lipinski definition) is 4. The maximum atomic E-state index is 13.2. The van der Waals surface area contributed by atoms with E-state index >= 15 is 0 Å². The van der Waals surface area contributed by atoms with Gasteiger partial charge in [0.15, 0.2) is 0 Å². The summed E-state index contributed by atoms with van der Waals surface area (Å²) in [6.45, 7) is 10.6. The minimum atomic E-state index is -0.548. The number of fused-ring (bicyclic) bond motifs is 1. The number of nitrogens with zero attached hydrogens (tertiary/aromatic N) is 1. The lowest BCUT2D eigenvalue weighted by atomic mass is 9.68. The minimum absolute atomic E-state index is 0.293. The number of halogens is 1. The Labute approximate surface area is 171 Å². The van der Waals surface area contributed by atoms with Gasteiger partial charge in [0, 0.05) is 36.1 Å². The van der Waals surface area contributed by atoms with Crippen LogP contribution in [-0.2, 0) is 4.74 Å². The van der Waals surface area contributed by atoms with Gasteiger partial charge in [-0.2, -0.15) is 0 Å². The van der Waals surface area contributed by atoms with E-state index in [0.717, 1.165) is 17.0 Å². The van der Waals surface area contributed by atoms with Crippen LogP contribution in [0.2, 0.25) is 0 Å². The van der Waals surface area contributed by atoms with Crippen molar-refractivity contribution < 1.29 is 13.9 Å². The van der Waals surface area contributed by atoms with Crippen LogP contribution in [0.25, 0.3) is 0 Å². The van der Waals surface area contributed by atoms with Crippen molar-refractivity contribution in [3.8, 4) is 0 Å². The smallest absolute Gasteiger partial charge is 0.410 e. The lowest BCUT2D eigenvalue weighted by molar-refractivity contribution is 0.0164.